The van der Waals surface area contributed by atoms with Crippen LogP contribution in [0, 0.1) is 5.92 Å². The lowest BCUT2D eigenvalue weighted by Crippen LogP contribution is -2.20. The summed E-state index contributed by atoms with van der Waals surface area (Å²) in [5, 5.41) is 7.82. The first-order valence-corrected chi connectivity index (χ1v) is 6.89. The van der Waals surface area contributed by atoms with E-state index in [9.17, 15) is 0 Å². The van der Waals surface area contributed by atoms with E-state index in [4.69, 9.17) is 4.74 Å². The zero-order valence-electron chi connectivity index (χ0n) is 11.4. The molecule has 1 fully saturated rings. The van der Waals surface area contributed by atoms with Crippen LogP contribution in [0.5, 0.6) is 0 Å². The molecule has 0 aliphatic heterocycles. The Bertz CT molecular complexity index is 345. The van der Waals surface area contributed by atoms with Crippen molar-refractivity contribution in [3.8, 4) is 0 Å². The van der Waals surface area contributed by atoms with Gasteiger partial charge in [-0.05, 0) is 31.6 Å². The van der Waals surface area contributed by atoms with Crippen LogP contribution in [-0.4, -0.2) is 35.0 Å². The topological polar surface area (TPSA) is 52.0 Å². The van der Waals surface area contributed by atoms with Crippen LogP contribution < -0.4 is 5.32 Å². The Morgan fingerprint density at radius 1 is 1.39 bits per heavy atom. The summed E-state index contributed by atoms with van der Waals surface area (Å²) in [4.78, 5) is 4.36. The second-order valence-corrected chi connectivity index (χ2v) is 5.22. The van der Waals surface area contributed by atoms with Crippen molar-refractivity contribution < 1.29 is 4.74 Å². The van der Waals surface area contributed by atoms with Crippen molar-refractivity contribution in [1.29, 1.82) is 0 Å². The normalized spacial score (nSPS) is 24.3. The summed E-state index contributed by atoms with van der Waals surface area (Å²) in [7, 11) is 1.71. The van der Waals surface area contributed by atoms with Gasteiger partial charge in [-0.1, -0.05) is 6.92 Å². The minimum Gasteiger partial charge on any atom is -0.383 e. The third-order valence-electron chi connectivity index (χ3n) is 3.68. The molecule has 1 aliphatic rings. The Hall–Kier alpha value is -0.940. The smallest absolute Gasteiger partial charge is 0.164 e. The van der Waals surface area contributed by atoms with Crippen molar-refractivity contribution in [3.05, 3.63) is 12.2 Å². The molecule has 1 aliphatic carbocycles. The molecule has 0 atom stereocenters. The molecule has 102 valence electrons. The Kier molecular flexibility index (Phi) is 5.13. The SMILES string of the molecule is COCCNCc1ncn(C2CCC(C)CC2)n1. The predicted octanol–water partition coefficient (Wildman–Crippen LogP) is 1.77. The largest absolute Gasteiger partial charge is 0.383 e. The van der Waals surface area contributed by atoms with Crippen molar-refractivity contribution in [2.45, 2.75) is 45.2 Å². The fourth-order valence-electron chi connectivity index (χ4n) is 2.45. The van der Waals surface area contributed by atoms with Gasteiger partial charge in [0.2, 0.25) is 0 Å². The molecule has 5 heteroatoms. The molecule has 0 saturated heterocycles. The highest BCUT2D eigenvalue weighted by Crippen LogP contribution is 2.30. The average molecular weight is 252 g/mol. The predicted molar refractivity (Wildman–Crippen MR) is 70.3 cm³/mol. The fourth-order valence-corrected chi connectivity index (χ4v) is 2.45. The Morgan fingerprint density at radius 3 is 2.89 bits per heavy atom. The van der Waals surface area contributed by atoms with Gasteiger partial charge in [0.1, 0.15) is 6.33 Å². The van der Waals surface area contributed by atoms with E-state index in [1.165, 1.54) is 25.7 Å². The molecule has 18 heavy (non-hydrogen) atoms. The second kappa shape index (κ2) is 6.85. The van der Waals surface area contributed by atoms with Crippen molar-refractivity contribution in [2.75, 3.05) is 20.3 Å². The number of nitrogens with one attached hydrogen (secondary N) is 1. The highest BCUT2D eigenvalue weighted by molar-refractivity contribution is 4.84. The van der Waals surface area contributed by atoms with E-state index in [0.29, 0.717) is 6.04 Å². The maximum Gasteiger partial charge on any atom is 0.164 e. The van der Waals surface area contributed by atoms with Crippen LogP contribution in [0.2, 0.25) is 0 Å². The molecule has 2 rings (SSSR count). The fraction of sp³-hybridized carbons (Fsp3) is 0.846. The van der Waals surface area contributed by atoms with Gasteiger partial charge in [0.25, 0.3) is 0 Å². The van der Waals surface area contributed by atoms with Gasteiger partial charge in [-0.3, -0.25) is 0 Å². The van der Waals surface area contributed by atoms with E-state index in [1.54, 1.807) is 7.11 Å². The molecule has 1 N–H and O–H groups in total. The van der Waals surface area contributed by atoms with Gasteiger partial charge in [-0.2, -0.15) is 5.10 Å². The van der Waals surface area contributed by atoms with Gasteiger partial charge in [0.15, 0.2) is 5.82 Å². The molecule has 1 saturated carbocycles. The summed E-state index contributed by atoms with van der Waals surface area (Å²) < 4.78 is 7.04. The van der Waals surface area contributed by atoms with Crippen LogP contribution in [0.25, 0.3) is 0 Å². The van der Waals surface area contributed by atoms with E-state index in [1.807, 2.05) is 6.33 Å². The lowest BCUT2D eigenvalue weighted by atomic mass is 9.87. The highest BCUT2D eigenvalue weighted by Gasteiger charge is 2.20. The molecule has 1 aromatic rings. The minimum absolute atomic E-state index is 0.557. The van der Waals surface area contributed by atoms with Gasteiger partial charge in [-0.25, -0.2) is 9.67 Å². The molecule has 0 unspecified atom stereocenters. The van der Waals surface area contributed by atoms with Crippen LogP contribution >= 0.6 is 0 Å². The molecule has 5 nitrogen and oxygen atoms in total. The Labute approximate surface area is 109 Å². The first kappa shape index (κ1) is 13.5. The zero-order valence-corrected chi connectivity index (χ0v) is 11.4. The Morgan fingerprint density at radius 2 is 2.17 bits per heavy atom. The van der Waals surface area contributed by atoms with Crippen LogP contribution in [0.15, 0.2) is 6.33 Å². The zero-order chi connectivity index (χ0) is 12.8. The minimum atomic E-state index is 0.557. The van der Waals surface area contributed by atoms with E-state index >= 15 is 0 Å². The number of methoxy groups -OCH3 is 1. The number of nitrogens with zero attached hydrogens (tertiary/aromatic N) is 3. The van der Waals surface area contributed by atoms with Crippen molar-refractivity contribution in [2.24, 2.45) is 5.92 Å². The average Bonchev–Trinajstić information content (AvgIpc) is 2.84. The summed E-state index contributed by atoms with van der Waals surface area (Å²) in [5.41, 5.74) is 0. The van der Waals surface area contributed by atoms with Gasteiger partial charge < -0.3 is 10.1 Å². The molecular weight excluding hydrogens is 228 g/mol. The van der Waals surface area contributed by atoms with E-state index in [0.717, 1.165) is 31.4 Å². The van der Waals surface area contributed by atoms with Gasteiger partial charge >= 0.3 is 0 Å². The Balaban J connectivity index is 1.78. The summed E-state index contributed by atoms with van der Waals surface area (Å²) >= 11 is 0. The maximum absolute atomic E-state index is 4.98. The quantitative estimate of drug-likeness (QED) is 0.784. The monoisotopic (exact) mass is 252 g/mol. The van der Waals surface area contributed by atoms with Gasteiger partial charge in [0.05, 0.1) is 19.2 Å². The molecule has 0 aromatic carbocycles. The van der Waals surface area contributed by atoms with Crippen LogP contribution in [0.4, 0.5) is 0 Å². The number of aromatic nitrogens is 3. The maximum atomic E-state index is 4.98. The summed E-state index contributed by atoms with van der Waals surface area (Å²) in [5.74, 6) is 1.75. The molecule has 0 amide bonds. The third-order valence-corrected chi connectivity index (χ3v) is 3.68. The van der Waals surface area contributed by atoms with Crippen molar-refractivity contribution in [1.82, 2.24) is 20.1 Å². The van der Waals surface area contributed by atoms with Crippen LogP contribution in [0.3, 0.4) is 0 Å². The highest BCUT2D eigenvalue weighted by atomic mass is 16.5. The van der Waals surface area contributed by atoms with Gasteiger partial charge in [0, 0.05) is 13.7 Å². The second-order valence-electron chi connectivity index (χ2n) is 5.22. The number of hydrogen-bond acceptors (Lipinski definition) is 4. The van der Waals surface area contributed by atoms with E-state index < -0.39 is 0 Å². The van der Waals surface area contributed by atoms with Crippen molar-refractivity contribution in [3.63, 3.8) is 0 Å². The molecule has 0 bridgehead atoms. The first-order chi connectivity index (χ1) is 8.79. The van der Waals surface area contributed by atoms with E-state index in [2.05, 4.69) is 27.0 Å². The summed E-state index contributed by atoms with van der Waals surface area (Å²) in [6, 6.07) is 0.557. The first-order valence-electron chi connectivity index (χ1n) is 6.89. The van der Waals surface area contributed by atoms with Gasteiger partial charge in [-0.15, -0.1) is 0 Å². The number of ether oxygens (including phenoxy) is 1. The van der Waals surface area contributed by atoms with E-state index in [-0.39, 0.29) is 0 Å². The number of rotatable bonds is 6. The molecule has 0 radical (unpaired) electrons. The molecule has 1 heterocycles. The molecular formula is C13H24N4O. The standard InChI is InChI=1S/C13H24N4O/c1-11-3-5-12(6-4-11)17-10-15-13(16-17)9-14-7-8-18-2/h10-12,14H,3-9H2,1-2H3. The molecule has 1 aromatic heterocycles. The summed E-state index contributed by atoms with van der Waals surface area (Å²) in [6.07, 6.45) is 6.98. The lowest BCUT2D eigenvalue weighted by molar-refractivity contribution is 0.199. The third kappa shape index (κ3) is 3.78. The summed E-state index contributed by atoms with van der Waals surface area (Å²) in [6.45, 7) is 4.62. The van der Waals surface area contributed by atoms with Crippen molar-refractivity contribution >= 4 is 0 Å². The number of hydrogen-bond donors (Lipinski definition) is 1. The lowest BCUT2D eigenvalue weighted by Gasteiger charge is -2.25. The van der Waals surface area contributed by atoms with Crippen LogP contribution in [-0.2, 0) is 11.3 Å². The van der Waals surface area contributed by atoms with Crippen LogP contribution in [0.1, 0.15) is 44.5 Å². The molecule has 0 spiro atoms.